The Labute approximate surface area is 421 Å². The number of carboxylic acid groups (broad SMARTS) is 2. The summed E-state index contributed by atoms with van der Waals surface area (Å²) in [5, 5.41) is 38.4. The Morgan fingerprint density at radius 2 is 1.07 bits per heavy atom. The van der Waals surface area contributed by atoms with E-state index in [1.165, 1.54) is 30.4 Å². The Morgan fingerprint density at radius 1 is 0.592 bits per heavy atom. The maximum atomic E-state index is 11.8. The number of aliphatic hydroxyl groups is 2. The van der Waals surface area contributed by atoms with E-state index in [4.69, 9.17) is 19.4 Å². The van der Waals surface area contributed by atoms with Crippen LogP contribution in [0.4, 0.5) is 0 Å². The molecule has 0 radical (unpaired) electrons. The van der Waals surface area contributed by atoms with Crippen molar-refractivity contribution in [1.29, 1.82) is 0 Å². The molecule has 2 atom stereocenters. The summed E-state index contributed by atoms with van der Waals surface area (Å²) in [6.45, 7) is 59.6. The molecule has 11 heteroatoms. The summed E-state index contributed by atoms with van der Waals surface area (Å²) in [5.74, 6) is -3.02. The van der Waals surface area contributed by atoms with Gasteiger partial charge < -0.3 is 29.6 Å². The number of aliphatic carboxylic acids is 2. The fourth-order valence-corrected chi connectivity index (χ4v) is 5.79. The highest BCUT2D eigenvalue weighted by Crippen LogP contribution is 2.38. The Balaban J connectivity index is 0. The summed E-state index contributed by atoms with van der Waals surface area (Å²) in [6, 6.07) is 0. The predicted octanol–water partition coefficient (Wildman–Crippen LogP) is 12.6. The minimum absolute atomic E-state index is 0.0111. The normalized spacial score (nSPS) is 16.9. The van der Waals surface area contributed by atoms with E-state index in [2.05, 4.69) is 59.2 Å². The first-order chi connectivity index (χ1) is 32.3. The maximum Gasteiger partial charge on any atom is 0.343 e. The molecular weight excluding hydrogens is 897 g/mol. The lowest BCUT2D eigenvalue weighted by atomic mass is 9.91. The maximum absolute atomic E-state index is 11.8. The van der Waals surface area contributed by atoms with Crippen molar-refractivity contribution in [2.75, 3.05) is 0 Å². The molecule has 1 saturated heterocycles. The summed E-state index contributed by atoms with van der Waals surface area (Å²) in [5.41, 5.74) is 9.39. The molecule has 382 valence electrons. The van der Waals surface area contributed by atoms with Crippen molar-refractivity contribution in [2.45, 2.75) is 109 Å². The smallest absolute Gasteiger partial charge is 0.343 e. The van der Waals surface area contributed by atoms with Crippen molar-refractivity contribution in [3.63, 3.8) is 0 Å². The summed E-state index contributed by atoms with van der Waals surface area (Å²) in [7, 11) is 0. The van der Waals surface area contributed by atoms with E-state index in [-0.39, 0.29) is 40.0 Å². The lowest BCUT2D eigenvalue weighted by Crippen LogP contribution is -2.33. The first-order valence-corrected chi connectivity index (χ1v) is 22.2. The van der Waals surface area contributed by atoms with E-state index >= 15 is 0 Å². The third kappa shape index (κ3) is 22.5. The fraction of sp³-hybridized carbons (Fsp3) is 0.283. The molecule has 2 unspecified atom stereocenters. The van der Waals surface area contributed by atoms with Crippen LogP contribution in [0.3, 0.4) is 0 Å². The molecule has 1 aliphatic rings. The van der Waals surface area contributed by atoms with Gasteiger partial charge in [-0.25, -0.2) is 19.2 Å². The Morgan fingerprint density at radius 3 is 1.46 bits per heavy atom. The van der Waals surface area contributed by atoms with E-state index in [0.29, 0.717) is 66.4 Å². The molecular formula is C60H76O11. The number of cyclic esters (lactones) is 1. The van der Waals surface area contributed by atoms with Crippen LogP contribution in [0, 0.1) is 19.8 Å². The number of carboxylic acids is 2. The van der Waals surface area contributed by atoms with Crippen LogP contribution in [0.1, 0.15) is 101 Å². The van der Waals surface area contributed by atoms with Gasteiger partial charge in [0.25, 0.3) is 0 Å². The number of hydrogen-bond acceptors (Lipinski definition) is 9. The molecule has 0 saturated carbocycles. The van der Waals surface area contributed by atoms with Crippen molar-refractivity contribution in [3.8, 4) is 0 Å². The number of ether oxygens (including phenoxy) is 1. The molecule has 1 fully saturated rings. The minimum atomic E-state index is -1.04. The molecule has 11 nitrogen and oxygen atoms in total. The lowest BCUT2D eigenvalue weighted by Gasteiger charge is -2.19. The summed E-state index contributed by atoms with van der Waals surface area (Å²) < 4.78 is 10.6. The molecule has 0 aliphatic carbocycles. The Kier molecular flexibility index (Phi) is 26.9. The molecule has 0 bridgehead atoms. The van der Waals surface area contributed by atoms with Gasteiger partial charge in [0, 0.05) is 23.1 Å². The monoisotopic (exact) mass is 973 g/mol. The van der Waals surface area contributed by atoms with Crippen molar-refractivity contribution < 1.29 is 48.8 Å². The predicted molar refractivity (Wildman–Crippen MR) is 292 cm³/mol. The highest BCUT2D eigenvalue weighted by Gasteiger charge is 2.42. The van der Waals surface area contributed by atoms with E-state index in [1.54, 1.807) is 94.4 Å². The number of esters is 1. The second kappa shape index (κ2) is 29.3. The number of hydrogen-bond donors (Lipinski definition) is 4. The average Bonchev–Trinajstić information content (AvgIpc) is 3.43. The molecule has 2 rings (SSSR count). The van der Waals surface area contributed by atoms with Crippen LogP contribution in [0.5, 0.6) is 0 Å². The molecule has 2 heterocycles. The Bertz CT molecular complexity index is 2840. The third-order valence-electron chi connectivity index (χ3n) is 10.1. The molecule has 1 aliphatic heterocycles. The Hall–Kier alpha value is -7.79. The number of ketones is 1. The van der Waals surface area contributed by atoms with Gasteiger partial charge in [0.05, 0.1) is 16.4 Å². The lowest BCUT2D eigenvalue weighted by molar-refractivity contribution is -0.141. The summed E-state index contributed by atoms with van der Waals surface area (Å²) in [6.07, 6.45) is 12.5. The first-order valence-electron chi connectivity index (χ1n) is 22.2. The van der Waals surface area contributed by atoms with Gasteiger partial charge in [0.1, 0.15) is 16.9 Å². The largest absolute Gasteiger partial charge is 0.508 e. The van der Waals surface area contributed by atoms with Crippen LogP contribution < -0.4 is 16.3 Å². The number of carbonyl (C=O) groups excluding carboxylic acids is 2. The highest BCUT2D eigenvalue weighted by molar-refractivity contribution is 6.03. The minimum Gasteiger partial charge on any atom is -0.508 e. The van der Waals surface area contributed by atoms with E-state index in [1.807, 2.05) is 27.7 Å². The van der Waals surface area contributed by atoms with Crippen LogP contribution in [-0.2, 0) is 23.9 Å². The quantitative estimate of drug-likeness (QED) is 0.0534. The van der Waals surface area contributed by atoms with Crippen molar-refractivity contribution in [1.82, 2.24) is 0 Å². The summed E-state index contributed by atoms with van der Waals surface area (Å²) in [4.78, 5) is 57.4. The van der Waals surface area contributed by atoms with Crippen molar-refractivity contribution in [2.24, 2.45) is 5.92 Å². The standard InChI is InChI=1S/C15H18O3.2C15H20O3.C15H18O2/c1-9(2)7-12-11(5)15(6,18-14(12)17)8-13(16)10(3)4;1-9(2)7-13(15(17)18)12(6)11(5)8-14(16)10(3)4;1-9(2)7-13(15(17)18)11(5)12(6)14(16)8-10(3)4;1-9(2)7-13-11(5)12(6)14(8-10(3)4)17-15(13)16/h7-8,16H,1,3,5H2,2,4,6H3;7-8,12H,1,3H2,2,4-6H3,(H,17,18);7-8,16H,1,3H2,2,4-6H3,(H,17,18);7-8H,1,3H2,2,4-6H3/b12-7+,13-8+;11-8+,13-7+;12-11-,13-7+,14-8+;13-7+,14-8+. The molecule has 0 aromatic carbocycles. The molecule has 0 amide bonds. The van der Waals surface area contributed by atoms with Gasteiger partial charge in [0.2, 0.25) is 0 Å². The fourth-order valence-electron chi connectivity index (χ4n) is 5.79. The average molecular weight is 973 g/mol. The number of carbonyl (C=O) groups is 4. The van der Waals surface area contributed by atoms with Crippen LogP contribution >= 0.6 is 0 Å². The van der Waals surface area contributed by atoms with Crippen LogP contribution in [0.2, 0.25) is 0 Å². The van der Waals surface area contributed by atoms with Gasteiger partial charge in [-0.1, -0.05) is 105 Å². The van der Waals surface area contributed by atoms with Gasteiger partial charge in [-0.15, -0.1) is 0 Å². The number of rotatable bonds is 16. The van der Waals surface area contributed by atoms with Gasteiger partial charge in [-0.3, -0.25) is 4.79 Å². The van der Waals surface area contributed by atoms with Crippen LogP contribution in [0.15, 0.2) is 200 Å². The molecule has 1 aromatic heterocycles. The zero-order chi connectivity index (χ0) is 56.2. The van der Waals surface area contributed by atoms with Crippen LogP contribution in [0.25, 0.3) is 12.2 Å². The first kappa shape index (κ1) is 65.3. The number of allylic oxidation sites excluding steroid dienone is 15. The zero-order valence-electron chi connectivity index (χ0n) is 44.7. The van der Waals surface area contributed by atoms with Crippen molar-refractivity contribution in [3.05, 3.63) is 223 Å². The van der Waals surface area contributed by atoms with Crippen molar-refractivity contribution >= 4 is 35.8 Å². The summed E-state index contributed by atoms with van der Waals surface area (Å²) >= 11 is 0. The third-order valence-corrected chi connectivity index (χ3v) is 10.1. The highest BCUT2D eigenvalue weighted by atomic mass is 16.6. The van der Waals surface area contributed by atoms with Gasteiger partial charge >= 0.3 is 23.5 Å². The molecule has 1 aromatic rings. The zero-order valence-corrected chi connectivity index (χ0v) is 44.7. The van der Waals surface area contributed by atoms with Gasteiger partial charge in [-0.2, -0.15) is 0 Å². The van der Waals surface area contributed by atoms with E-state index in [0.717, 1.165) is 27.8 Å². The van der Waals surface area contributed by atoms with E-state index in [9.17, 15) is 34.2 Å². The second-order valence-electron chi connectivity index (χ2n) is 17.9. The van der Waals surface area contributed by atoms with Gasteiger partial charge in [-0.05, 0) is 173 Å². The van der Waals surface area contributed by atoms with Crippen LogP contribution in [-0.4, -0.2) is 49.7 Å². The van der Waals surface area contributed by atoms with E-state index < -0.39 is 23.5 Å². The topological polar surface area (TPSA) is 189 Å². The second-order valence-corrected chi connectivity index (χ2v) is 17.9. The molecule has 0 spiro atoms. The van der Waals surface area contributed by atoms with Gasteiger partial charge in [0.15, 0.2) is 11.4 Å². The molecule has 71 heavy (non-hydrogen) atoms. The number of aliphatic hydroxyl groups excluding tert-OH is 2. The molecule has 4 N–H and O–H groups in total. The SMILES string of the molecule is C=C(C)/C=C(/C(=O)O)C(C)/C(C)=C/C(=O)C(=C)C.C=C(C)/C=C1\C(=C)C(C)(/C=C(/O)C(=C)C)OC1=O.C=C(C)/C=c1/oc(=O)/c(=C/C(=C)C)c(C)c1C.C=C(C)\C=C(O)/C(C)=C(C)\C(=C/C(=C)C)C(=O)O.